The Balaban J connectivity index is 1.75. The van der Waals surface area contributed by atoms with E-state index in [0.717, 1.165) is 70.1 Å². The van der Waals surface area contributed by atoms with Crippen molar-refractivity contribution in [1.82, 2.24) is 4.90 Å². The second kappa shape index (κ2) is 13.2. The molecule has 0 radical (unpaired) electrons. The molecular weight excluding hydrogens is 428 g/mol. The number of hydrogen-bond acceptors (Lipinski definition) is 4. The largest absolute Gasteiger partial charge is 0.478 e. The number of likely N-dealkylation sites (tertiary alicyclic amines) is 1. The molecule has 0 spiro atoms. The quantitative estimate of drug-likeness (QED) is 0.270. The van der Waals surface area contributed by atoms with Gasteiger partial charge in [0, 0.05) is 11.4 Å². The van der Waals surface area contributed by atoms with Crippen LogP contribution in [0.5, 0.6) is 0 Å². The van der Waals surface area contributed by atoms with Gasteiger partial charge in [-0.1, -0.05) is 32.6 Å². The van der Waals surface area contributed by atoms with Crippen molar-refractivity contribution >= 4 is 23.5 Å². The number of aromatic carboxylic acids is 2. The molecule has 2 unspecified atom stereocenters. The van der Waals surface area contributed by atoms with Crippen LogP contribution in [-0.4, -0.2) is 58.1 Å². The highest BCUT2D eigenvalue weighted by molar-refractivity contribution is 6.21. The lowest BCUT2D eigenvalue weighted by Crippen LogP contribution is -2.33. The van der Waals surface area contributed by atoms with Gasteiger partial charge < -0.3 is 20.8 Å². The average Bonchev–Trinajstić information content (AvgIpc) is 2.76. The van der Waals surface area contributed by atoms with Crippen molar-refractivity contribution in [2.24, 2.45) is 5.73 Å². The van der Waals surface area contributed by atoms with Crippen LogP contribution >= 0.6 is 11.6 Å². The summed E-state index contributed by atoms with van der Waals surface area (Å²) in [6.45, 7) is 6.68. The van der Waals surface area contributed by atoms with Crippen molar-refractivity contribution < 1.29 is 19.8 Å². The van der Waals surface area contributed by atoms with Crippen LogP contribution in [0.3, 0.4) is 0 Å². The molecule has 1 heterocycles. The van der Waals surface area contributed by atoms with Gasteiger partial charge in [0.1, 0.15) is 0 Å². The fourth-order valence-electron chi connectivity index (χ4n) is 4.66. The van der Waals surface area contributed by atoms with Crippen molar-refractivity contribution in [3.63, 3.8) is 0 Å². The van der Waals surface area contributed by atoms with Gasteiger partial charge in [-0.3, -0.25) is 0 Å². The van der Waals surface area contributed by atoms with Gasteiger partial charge in [-0.15, -0.1) is 11.6 Å². The highest BCUT2D eigenvalue weighted by atomic mass is 35.5. The monoisotopic (exact) mass is 466 g/mol. The minimum absolute atomic E-state index is 0.0824. The maximum atomic E-state index is 11.6. The highest BCUT2D eigenvalue weighted by Gasteiger charge is 2.24. The third kappa shape index (κ3) is 7.75. The number of alkyl halides is 1. The lowest BCUT2D eigenvalue weighted by Gasteiger charge is -2.32. The van der Waals surface area contributed by atoms with E-state index in [2.05, 4.69) is 11.8 Å². The minimum atomic E-state index is -1.07. The Morgan fingerprint density at radius 3 is 2.16 bits per heavy atom. The van der Waals surface area contributed by atoms with Gasteiger partial charge in [-0.2, -0.15) is 0 Å². The van der Waals surface area contributed by atoms with Gasteiger partial charge in [-0.25, -0.2) is 9.59 Å². The van der Waals surface area contributed by atoms with Gasteiger partial charge >= 0.3 is 11.9 Å². The van der Waals surface area contributed by atoms with Crippen LogP contribution in [0.25, 0.3) is 0 Å². The SMILES string of the molecule is CCCC(N)C(Cl)CCCCCCN1CCC(c2cc(C(=O)O)c(C)c(C(=O)O)c2)CC1. The van der Waals surface area contributed by atoms with Gasteiger partial charge in [0.25, 0.3) is 0 Å². The Kier molecular flexibility index (Phi) is 11.0. The number of benzene rings is 1. The van der Waals surface area contributed by atoms with Crippen LogP contribution in [0, 0.1) is 6.92 Å². The number of rotatable bonds is 13. The number of carbonyl (C=O) groups is 2. The summed E-state index contributed by atoms with van der Waals surface area (Å²) < 4.78 is 0. The summed E-state index contributed by atoms with van der Waals surface area (Å²) >= 11 is 6.37. The van der Waals surface area contributed by atoms with Crippen molar-refractivity contribution in [2.45, 2.75) is 89.0 Å². The van der Waals surface area contributed by atoms with E-state index < -0.39 is 11.9 Å². The van der Waals surface area contributed by atoms with Crippen LogP contribution in [0.2, 0.25) is 0 Å². The molecule has 7 heteroatoms. The zero-order valence-corrected chi connectivity index (χ0v) is 20.2. The average molecular weight is 467 g/mol. The number of nitrogens with zero attached hydrogens (tertiary/aromatic N) is 1. The molecule has 1 aliphatic rings. The highest BCUT2D eigenvalue weighted by Crippen LogP contribution is 2.31. The molecule has 32 heavy (non-hydrogen) atoms. The summed E-state index contributed by atoms with van der Waals surface area (Å²) in [4.78, 5) is 25.6. The molecule has 1 aliphatic heterocycles. The number of unbranched alkanes of at least 4 members (excludes halogenated alkanes) is 3. The van der Waals surface area contributed by atoms with Crippen molar-refractivity contribution in [3.05, 3.63) is 34.4 Å². The molecule has 2 atom stereocenters. The van der Waals surface area contributed by atoms with E-state index in [1.807, 2.05) is 0 Å². The third-order valence-corrected chi connectivity index (χ3v) is 7.28. The van der Waals surface area contributed by atoms with E-state index in [1.165, 1.54) is 12.8 Å². The van der Waals surface area contributed by atoms with E-state index >= 15 is 0 Å². The molecule has 0 aromatic heterocycles. The van der Waals surface area contributed by atoms with Crippen molar-refractivity contribution in [2.75, 3.05) is 19.6 Å². The Labute approximate surface area is 197 Å². The Morgan fingerprint density at radius 1 is 1.06 bits per heavy atom. The van der Waals surface area contributed by atoms with E-state index in [4.69, 9.17) is 17.3 Å². The van der Waals surface area contributed by atoms with Gasteiger partial charge in [0.15, 0.2) is 0 Å². The fraction of sp³-hybridized carbons (Fsp3) is 0.680. The van der Waals surface area contributed by atoms with E-state index in [0.29, 0.717) is 5.56 Å². The molecule has 2 rings (SSSR count). The first-order chi connectivity index (χ1) is 15.2. The van der Waals surface area contributed by atoms with Gasteiger partial charge in [0.05, 0.1) is 11.1 Å². The first kappa shape index (κ1) is 26.6. The minimum Gasteiger partial charge on any atom is -0.478 e. The predicted molar refractivity (Wildman–Crippen MR) is 129 cm³/mol. The van der Waals surface area contributed by atoms with Crippen LogP contribution in [0.1, 0.15) is 102 Å². The molecule has 0 aliphatic carbocycles. The maximum Gasteiger partial charge on any atom is 0.335 e. The molecule has 1 fully saturated rings. The van der Waals surface area contributed by atoms with Crippen LogP contribution in [-0.2, 0) is 0 Å². The number of carboxylic acids is 2. The number of piperidine rings is 1. The van der Waals surface area contributed by atoms with Gasteiger partial charge in [-0.05, 0) is 87.8 Å². The van der Waals surface area contributed by atoms with E-state index in [9.17, 15) is 19.8 Å². The van der Waals surface area contributed by atoms with Crippen LogP contribution in [0.4, 0.5) is 0 Å². The van der Waals surface area contributed by atoms with Crippen LogP contribution in [0.15, 0.2) is 12.1 Å². The number of carboxylic acid groups (broad SMARTS) is 2. The number of halogens is 1. The van der Waals surface area contributed by atoms with Crippen molar-refractivity contribution in [3.8, 4) is 0 Å². The summed E-state index contributed by atoms with van der Waals surface area (Å²) in [6.07, 6.45) is 9.55. The lowest BCUT2D eigenvalue weighted by molar-refractivity contribution is 0.0696. The normalized spacial score (nSPS) is 17.2. The smallest absolute Gasteiger partial charge is 0.335 e. The summed E-state index contributed by atoms with van der Waals surface area (Å²) in [7, 11) is 0. The molecule has 1 aromatic rings. The first-order valence-electron chi connectivity index (χ1n) is 12.0. The lowest BCUT2D eigenvalue weighted by atomic mass is 9.86. The summed E-state index contributed by atoms with van der Waals surface area (Å²) in [5, 5.41) is 19.0. The summed E-state index contributed by atoms with van der Waals surface area (Å²) in [5.74, 6) is -1.94. The number of nitrogens with two attached hydrogens (primary N) is 1. The summed E-state index contributed by atoms with van der Waals surface area (Å²) in [6, 6.07) is 3.44. The zero-order chi connectivity index (χ0) is 23.7. The molecule has 1 aromatic carbocycles. The standard InChI is InChI=1S/C25H39ClN2O4/c1-3-8-23(27)22(26)9-6-4-5-7-12-28-13-10-18(11-14-28)19-15-20(24(29)30)17(2)21(16-19)25(31)32/h15-16,18,22-23H,3-14,27H2,1-2H3,(H,29,30)(H,31,32). The molecule has 4 N–H and O–H groups in total. The predicted octanol–water partition coefficient (Wildman–Crippen LogP) is 5.26. The molecule has 0 amide bonds. The second-order valence-electron chi connectivity index (χ2n) is 9.14. The first-order valence-corrected chi connectivity index (χ1v) is 12.4. The zero-order valence-electron chi connectivity index (χ0n) is 19.5. The van der Waals surface area contributed by atoms with Crippen molar-refractivity contribution in [1.29, 1.82) is 0 Å². The molecule has 1 saturated heterocycles. The molecule has 0 bridgehead atoms. The molecular formula is C25H39ClN2O4. The van der Waals surface area contributed by atoms with E-state index in [1.54, 1.807) is 19.1 Å². The van der Waals surface area contributed by atoms with Crippen LogP contribution < -0.4 is 5.73 Å². The number of hydrogen-bond donors (Lipinski definition) is 3. The Hall–Kier alpha value is -1.63. The van der Waals surface area contributed by atoms with E-state index in [-0.39, 0.29) is 28.5 Å². The molecule has 180 valence electrons. The molecule has 0 saturated carbocycles. The Bertz CT molecular complexity index is 727. The topological polar surface area (TPSA) is 104 Å². The third-order valence-electron chi connectivity index (χ3n) is 6.74. The van der Waals surface area contributed by atoms with Gasteiger partial charge in [0.2, 0.25) is 0 Å². The molecule has 6 nitrogen and oxygen atoms in total. The summed E-state index contributed by atoms with van der Waals surface area (Å²) in [5.41, 5.74) is 7.42. The fourth-order valence-corrected chi connectivity index (χ4v) is 4.94. The second-order valence-corrected chi connectivity index (χ2v) is 9.70. The Morgan fingerprint density at radius 2 is 1.62 bits per heavy atom. The maximum absolute atomic E-state index is 11.6.